The van der Waals surface area contributed by atoms with Crippen LogP contribution in [0.3, 0.4) is 0 Å². The predicted molar refractivity (Wildman–Crippen MR) is 229 cm³/mol. The van der Waals surface area contributed by atoms with Crippen LogP contribution < -0.4 is 16.6 Å². The summed E-state index contributed by atoms with van der Waals surface area (Å²) in [6.45, 7) is 22.5. The Morgan fingerprint density at radius 1 is 0.873 bits per heavy atom. The number of halogens is 1. The molecule has 1 heterocycles. The number of aryl methyl sites for hydroxylation is 1. The van der Waals surface area contributed by atoms with Crippen LogP contribution in [-0.2, 0) is 26.2 Å². The van der Waals surface area contributed by atoms with E-state index in [0.717, 1.165) is 93.5 Å². The average molecular weight is 774 g/mol. The maximum absolute atomic E-state index is 13.4. The molecule has 3 rings (SSSR count). The summed E-state index contributed by atoms with van der Waals surface area (Å²) in [6.07, 6.45) is 17.6. The van der Waals surface area contributed by atoms with Crippen molar-refractivity contribution < 1.29 is 18.8 Å². The van der Waals surface area contributed by atoms with Gasteiger partial charge in [0.1, 0.15) is 12.0 Å². The summed E-state index contributed by atoms with van der Waals surface area (Å²) in [5, 5.41) is 3.11. The van der Waals surface area contributed by atoms with Crippen molar-refractivity contribution in [3.63, 3.8) is 0 Å². The largest absolute Gasteiger partial charge is 0.369 e. The highest BCUT2D eigenvalue weighted by Gasteiger charge is 2.29. The molecular weight excluding hydrogens is 690 g/mol. The normalized spacial score (nSPS) is 20.0. The van der Waals surface area contributed by atoms with Crippen LogP contribution in [0.15, 0.2) is 10.9 Å². The lowest BCUT2D eigenvalue weighted by Gasteiger charge is -2.28. The number of nitrogens with two attached hydrogens (primary N) is 1. The van der Waals surface area contributed by atoms with E-state index in [1.54, 1.807) is 0 Å². The first-order valence-electron chi connectivity index (χ1n) is 22.4. The average Bonchev–Trinajstić information content (AvgIpc) is 3.15. The molecule has 0 atom stereocenters. The van der Waals surface area contributed by atoms with Crippen molar-refractivity contribution in [3.8, 4) is 0 Å². The van der Waals surface area contributed by atoms with Crippen LogP contribution in [0.5, 0.6) is 0 Å². The van der Waals surface area contributed by atoms with Gasteiger partial charge in [-0.15, -0.1) is 0 Å². The molecule has 0 aliphatic heterocycles. The lowest BCUT2D eigenvalue weighted by molar-refractivity contribution is -0.129. The third-order valence-electron chi connectivity index (χ3n) is 12.4. The number of pyridine rings is 1. The van der Waals surface area contributed by atoms with Crippen molar-refractivity contribution in [1.82, 2.24) is 10.3 Å². The number of ketones is 1. The van der Waals surface area contributed by atoms with Gasteiger partial charge in [0.05, 0.1) is 0 Å². The second-order valence-electron chi connectivity index (χ2n) is 18.3. The molecule has 0 aromatic carbocycles. The first-order valence-corrected chi connectivity index (χ1v) is 22.4. The van der Waals surface area contributed by atoms with Crippen LogP contribution >= 0.6 is 0 Å². The molecule has 4 N–H and O–H groups in total. The third kappa shape index (κ3) is 20.5. The summed E-state index contributed by atoms with van der Waals surface area (Å²) in [4.78, 5) is 51.4. The monoisotopic (exact) mass is 774 g/mol. The Bertz CT molecular complexity index is 1280. The Balaban J connectivity index is 0.000000503. The van der Waals surface area contributed by atoms with E-state index in [-0.39, 0.29) is 34.6 Å². The van der Waals surface area contributed by atoms with E-state index in [2.05, 4.69) is 72.6 Å². The van der Waals surface area contributed by atoms with Crippen LogP contribution in [0.25, 0.3) is 0 Å². The van der Waals surface area contributed by atoms with Gasteiger partial charge >= 0.3 is 0 Å². The number of rotatable bonds is 20. The molecule has 2 aliphatic carbocycles. The van der Waals surface area contributed by atoms with Crippen molar-refractivity contribution >= 4 is 17.6 Å². The number of carbonyl (C=O) groups is 3. The minimum absolute atomic E-state index is 0.0213. The summed E-state index contributed by atoms with van der Waals surface area (Å²) in [5.74, 6) is 2.92. The third-order valence-corrected chi connectivity index (χ3v) is 12.4. The highest BCUT2D eigenvalue weighted by molar-refractivity contribution is 5.80. The predicted octanol–water partition coefficient (Wildman–Crippen LogP) is 11.3. The Morgan fingerprint density at radius 2 is 1.44 bits per heavy atom. The van der Waals surface area contributed by atoms with Crippen LogP contribution in [0, 0.1) is 42.4 Å². The maximum Gasteiger partial charge on any atom is 0.251 e. The molecular formula is C47H84FN3O4. The van der Waals surface area contributed by atoms with Gasteiger partial charge in [-0.3, -0.25) is 19.2 Å². The number of H-pyrrole nitrogens is 1. The fraction of sp³-hybridized carbons (Fsp3) is 0.830. The Morgan fingerprint density at radius 3 is 1.93 bits per heavy atom. The number of carbonyl (C=O) groups excluding carboxylic acids is 3. The van der Waals surface area contributed by atoms with Gasteiger partial charge < -0.3 is 16.0 Å². The van der Waals surface area contributed by atoms with E-state index in [0.29, 0.717) is 49.2 Å². The fourth-order valence-electron chi connectivity index (χ4n) is 8.08. The van der Waals surface area contributed by atoms with E-state index in [1.807, 2.05) is 13.0 Å². The van der Waals surface area contributed by atoms with Crippen LogP contribution in [0.1, 0.15) is 201 Å². The molecule has 2 aliphatic rings. The summed E-state index contributed by atoms with van der Waals surface area (Å²) >= 11 is 0. The number of hydrogen-bond acceptors (Lipinski definition) is 4. The van der Waals surface area contributed by atoms with Crippen molar-refractivity contribution in [2.45, 2.75) is 209 Å². The topological polar surface area (TPSA) is 122 Å². The quantitative estimate of drug-likeness (QED) is 0.122. The molecule has 1 aromatic heterocycles. The van der Waals surface area contributed by atoms with Crippen molar-refractivity contribution in [3.05, 3.63) is 33.2 Å². The Kier molecular flexibility index (Phi) is 25.0. The van der Waals surface area contributed by atoms with Gasteiger partial charge in [0.15, 0.2) is 0 Å². The molecule has 318 valence electrons. The molecule has 55 heavy (non-hydrogen) atoms. The summed E-state index contributed by atoms with van der Waals surface area (Å²) in [5.41, 5.74) is 7.87. The van der Waals surface area contributed by atoms with E-state index < -0.39 is 6.17 Å². The van der Waals surface area contributed by atoms with Gasteiger partial charge in [0, 0.05) is 47.9 Å². The standard InChI is InChI=1S/C25H40FNO2.C16H30N2O2.C6H14/c1-17(2)7-6-8-22(28)13-14-25(4,5)23-18(3)15-20(24(29)27-23)16-19-9-11-21(26)12-10-19;1-3-5-12(6-4-2)11-18-16(20)14-9-7-13(8-10-14)15(17)19;1-4-6(3)5-2/h15,17,19,21H,6-14,16H2,1-5H3,(H,27,29);12-14H,3-11H2,1-2H3,(H2,17,19)(H,18,20);6H,4-5H2,1-3H3. The molecule has 8 heteroatoms. The van der Waals surface area contributed by atoms with Gasteiger partial charge in [-0.25, -0.2) is 4.39 Å². The molecule has 0 radical (unpaired) electrons. The molecule has 0 spiro atoms. The maximum atomic E-state index is 13.4. The van der Waals surface area contributed by atoms with Gasteiger partial charge in [0.2, 0.25) is 11.8 Å². The number of Topliss-reactive ketones (excluding diaryl/α,β-unsaturated/α-hetero) is 1. The van der Waals surface area contributed by atoms with Crippen LogP contribution in [0.4, 0.5) is 4.39 Å². The zero-order chi connectivity index (χ0) is 41.6. The van der Waals surface area contributed by atoms with Gasteiger partial charge in [-0.1, -0.05) is 94.4 Å². The van der Waals surface area contributed by atoms with Gasteiger partial charge in [-0.05, 0) is 126 Å². The second-order valence-corrected chi connectivity index (χ2v) is 18.3. The van der Waals surface area contributed by atoms with Crippen LogP contribution in [-0.4, -0.2) is 35.3 Å². The molecule has 0 saturated heterocycles. The molecule has 2 amide bonds. The fourth-order valence-corrected chi connectivity index (χ4v) is 8.08. The SMILES string of the molecule is CCC(C)CC.CCCC(CCC)CNC(=O)C1CCC(C(N)=O)CC1.Cc1cc(CC2CCC(F)CC2)c(=O)[nH]c1C(C)(C)CCC(=O)CCCC(C)C. The molecule has 2 fully saturated rings. The minimum Gasteiger partial charge on any atom is -0.369 e. The first kappa shape index (κ1) is 50.5. The summed E-state index contributed by atoms with van der Waals surface area (Å²) in [7, 11) is 0. The Labute approximate surface area is 336 Å². The van der Waals surface area contributed by atoms with Gasteiger partial charge in [0.25, 0.3) is 5.56 Å². The second kappa shape index (κ2) is 27.2. The van der Waals surface area contributed by atoms with E-state index in [1.165, 1.54) is 38.5 Å². The number of alkyl halides is 1. The summed E-state index contributed by atoms with van der Waals surface area (Å²) in [6, 6.07) is 2.02. The molecule has 1 aromatic rings. The van der Waals surface area contributed by atoms with Gasteiger partial charge in [-0.2, -0.15) is 0 Å². The van der Waals surface area contributed by atoms with Crippen LogP contribution in [0.2, 0.25) is 0 Å². The number of nitrogens with one attached hydrogen (secondary N) is 2. The number of amides is 2. The molecule has 0 unspecified atom stereocenters. The highest BCUT2D eigenvalue weighted by atomic mass is 19.1. The zero-order valence-electron chi connectivity index (χ0n) is 37.1. The van der Waals surface area contributed by atoms with E-state index in [4.69, 9.17) is 5.73 Å². The summed E-state index contributed by atoms with van der Waals surface area (Å²) < 4.78 is 13.4. The molecule has 7 nitrogen and oxygen atoms in total. The minimum atomic E-state index is -0.664. The van der Waals surface area contributed by atoms with Crippen molar-refractivity contribution in [2.24, 2.45) is 41.2 Å². The molecule has 2 saturated carbocycles. The number of aromatic nitrogens is 1. The number of aromatic amines is 1. The first-order chi connectivity index (χ1) is 26.0. The van der Waals surface area contributed by atoms with Crippen molar-refractivity contribution in [1.29, 1.82) is 0 Å². The smallest absolute Gasteiger partial charge is 0.251 e. The van der Waals surface area contributed by atoms with E-state index >= 15 is 0 Å². The molecule has 0 bridgehead atoms. The zero-order valence-corrected chi connectivity index (χ0v) is 37.1. The van der Waals surface area contributed by atoms with Crippen molar-refractivity contribution in [2.75, 3.05) is 6.54 Å². The number of hydrogen-bond donors (Lipinski definition) is 3. The Hall–Kier alpha value is -2.51. The highest BCUT2D eigenvalue weighted by Crippen LogP contribution is 2.32. The lowest BCUT2D eigenvalue weighted by atomic mass is 9.80. The number of primary amides is 1. The van der Waals surface area contributed by atoms with E-state index in [9.17, 15) is 23.6 Å². The lowest BCUT2D eigenvalue weighted by Crippen LogP contribution is -2.37.